The Hall–Kier alpha value is -3.27. The number of nitro groups is 1. The van der Waals surface area contributed by atoms with Crippen molar-refractivity contribution in [2.45, 2.75) is 33.6 Å². The van der Waals surface area contributed by atoms with Gasteiger partial charge in [0.25, 0.3) is 5.69 Å². The van der Waals surface area contributed by atoms with E-state index in [1.807, 2.05) is 6.92 Å². The molecule has 2 heterocycles. The number of nitro benzene ring substituents is 1. The van der Waals surface area contributed by atoms with Gasteiger partial charge in [0.05, 0.1) is 17.1 Å². The Kier molecular flexibility index (Phi) is 6.16. The first kappa shape index (κ1) is 21.4. The summed E-state index contributed by atoms with van der Waals surface area (Å²) in [6, 6.07) is 4.23. The number of hydrogen-bond donors (Lipinski definition) is 1. The second-order valence-electron chi connectivity index (χ2n) is 6.81. The van der Waals surface area contributed by atoms with Crippen LogP contribution >= 0.6 is 11.3 Å². The molecule has 9 nitrogen and oxygen atoms in total. The molecule has 0 bridgehead atoms. The largest absolute Gasteiger partial charge is 0.462 e. The first-order chi connectivity index (χ1) is 14.2. The van der Waals surface area contributed by atoms with Gasteiger partial charge in [-0.1, -0.05) is 0 Å². The highest BCUT2D eigenvalue weighted by Gasteiger charge is 2.29. The minimum Gasteiger partial charge on any atom is -0.462 e. The van der Waals surface area contributed by atoms with E-state index in [2.05, 4.69) is 5.32 Å². The number of ether oxygens (including phenoxy) is 1. The number of aryl methyl sites for hydroxylation is 2. The molecule has 0 radical (unpaired) electrons. The number of hydrogen-bond acceptors (Lipinski definition) is 7. The lowest BCUT2D eigenvalue weighted by molar-refractivity contribution is -0.384. The van der Waals surface area contributed by atoms with Crippen molar-refractivity contribution in [2.75, 3.05) is 23.4 Å². The quantitative estimate of drug-likeness (QED) is 0.425. The van der Waals surface area contributed by atoms with Crippen molar-refractivity contribution in [1.82, 2.24) is 0 Å². The van der Waals surface area contributed by atoms with Crippen LogP contribution in [0.3, 0.4) is 0 Å². The smallest absolute Gasteiger partial charge is 0.341 e. The van der Waals surface area contributed by atoms with Crippen molar-refractivity contribution in [3.8, 4) is 0 Å². The molecule has 0 saturated heterocycles. The number of nitrogens with one attached hydrogen (secondary N) is 1. The van der Waals surface area contributed by atoms with E-state index in [0.29, 0.717) is 28.2 Å². The standard InChI is InChI=1S/C20H21N3O6S/c1-4-29-20(26)18-11(2)12(3)30-19(18)21-16(24)10-22-15-7-6-14(23(27)28)9-13(15)5-8-17(22)25/h6-7,9H,4-5,8,10H2,1-3H3,(H,21,24). The number of rotatable bonds is 6. The number of carbonyl (C=O) groups is 3. The Balaban J connectivity index is 1.82. The van der Waals surface area contributed by atoms with Gasteiger partial charge in [-0.25, -0.2) is 4.79 Å². The van der Waals surface area contributed by atoms with Crippen LogP contribution in [0.5, 0.6) is 0 Å². The summed E-state index contributed by atoms with van der Waals surface area (Å²) in [6.07, 6.45) is 0.539. The number of benzene rings is 1. The molecule has 2 amide bonds. The van der Waals surface area contributed by atoms with Gasteiger partial charge in [0.1, 0.15) is 11.5 Å². The fraction of sp³-hybridized carbons (Fsp3) is 0.350. The molecule has 0 fully saturated rings. The van der Waals surface area contributed by atoms with Crippen LogP contribution in [0.25, 0.3) is 0 Å². The SMILES string of the molecule is CCOC(=O)c1c(NC(=O)CN2C(=O)CCc3cc([N+](=O)[O-])ccc32)sc(C)c1C. The highest BCUT2D eigenvalue weighted by molar-refractivity contribution is 7.16. The highest BCUT2D eigenvalue weighted by atomic mass is 32.1. The van der Waals surface area contributed by atoms with Gasteiger partial charge >= 0.3 is 5.97 Å². The third-order valence-electron chi connectivity index (χ3n) is 4.89. The number of esters is 1. The molecule has 158 valence electrons. The molecule has 1 aromatic carbocycles. The van der Waals surface area contributed by atoms with Crippen molar-refractivity contribution in [2.24, 2.45) is 0 Å². The lowest BCUT2D eigenvalue weighted by Crippen LogP contribution is -2.41. The number of thiophene rings is 1. The number of nitrogens with zero attached hydrogens (tertiary/aromatic N) is 2. The van der Waals surface area contributed by atoms with Gasteiger partial charge in [-0.15, -0.1) is 11.3 Å². The zero-order valence-electron chi connectivity index (χ0n) is 16.8. The van der Waals surface area contributed by atoms with Crippen LogP contribution in [-0.2, 0) is 20.7 Å². The van der Waals surface area contributed by atoms with Crippen molar-refractivity contribution in [3.05, 3.63) is 49.9 Å². The fourth-order valence-electron chi connectivity index (χ4n) is 3.31. The van der Waals surface area contributed by atoms with Crippen LogP contribution in [0.15, 0.2) is 18.2 Å². The molecule has 30 heavy (non-hydrogen) atoms. The first-order valence-electron chi connectivity index (χ1n) is 9.37. The summed E-state index contributed by atoms with van der Waals surface area (Å²) in [7, 11) is 0. The number of anilines is 2. The molecular formula is C20H21N3O6S. The maximum absolute atomic E-state index is 12.7. The summed E-state index contributed by atoms with van der Waals surface area (Å²) in [5, 5.41) is 14.1. The summed E-state index contributed by atoms with van der Waals surface area (Å²) in [5.74, 6) is -1.22. The van der Waals surface area contributed by atoms with Crippen LogP contribution < -0.4 is 10.2 Å². The average molecular weight is 431 g/mol. The van der Waals surface area contributed by atoms with E-state index >= 15 is 0 Å². The number of carbonyl (C=O) groups excluding carboxylic acids is 3. The van der Waals surface area contributed by atoms with Crippen LogP contribution in [0.1, 0.15) is 39.7 Å². The van der Waals surface area contributed by atoms with Gasteiger partial charge in [-0.2, -0.15) is 0 Å². The van der Waals surface area contributed by atoms with Crippen molar-refractivity contribution < 1.29 is 24.0 Å². The molecule has 0 atom stereocenters. The van der Waals surface area contributed by atoms with Crippen LogP contribution in [0.2, 0.25) is 0 Å². The minimum atomic E-state index is -0.513. The predicted molar refractivity (Wildman–Crippen MR) is 112 cm³/mol. The van der Waals surface area contributed by atoms with Gasteiger partial charge in [-0.05, 0) is 44.4 Å². The fourth-order valence-corrected chi connectivity index (χ4v) is 4.37. The van der Waals surface area contributed by atoms with Gasteiger partial charge in [-0.3, -0.25) is 19.7 Å². The van der Waals surface area contributed by atoms with Crippen LogP contribution in [-0.4, -0.2) is 35.9 Å². The number of amides is 2. The molecule has 1 aromatic heterocycles. The van der Waals surface area contributed by atoms with E-state index in [9.17, 15) is 24.5 Å². The maximum atomic E-state index is 12.7. The van der Waals surface area contributed by atoms with E-state index in [1.165, 1.54) is 34.4 Å². The third kappa shape index (κ3) is 4.18. The summed E-state index contributed by atoms with van der Waals surface area (Å²) in [6.45, 7) is 5.28. The Morgan fingerprint density at radius 3 is 2.70 bits per heavy atom. The molecule has 1 aliphatic rings. The van der Waals surface area contributed by atoms with Gasteiger partial charge < -0.3 is 15.0 Å². The molecule has 0 unspecified atom stereocenters. The predicted octanol–water partition coefficient (Wildman–Crippen LogP) is 3.37. The molecule has 1 N–H and O–H groups in total. The molecule has 0 saturated carbocycles. The minimum absolute atomic E-state index is 0.0592. The molecular weight excluding hydrogens is 410 g/mol. The number of non-ortho nitro benzene ring substituents is 1. The van der Waals surface area contributed by atoms with Crippen molar-refractivity contribution in [3.63, 3.8) is 0 Å². The zero-order valence-corrected chi connectivity index (χ0v) is 17.6. The lowest BCUT2D eigenvalue weighted by atomic mass is 10.0. The van der Waals surface area contributed by atoms with Crippen LogP contribution in [0, 0.1) is 24.0 Å². The Labute approximate surface area is 176 Å². The highest BCUT2D eigenvalue weighted by Crippen LogP contribution is 2.34. The van der Waals surface area contributed by atoms with E-state index < -0.39 is 16.8 Å². The summed E-state index contributed by atoms with van der Waals surface area (Å²) in [4.78, 5) is 50.1. The van der Waals surface area contributed by atoms with E-state index in [4.69, 9.17) is 4.74 Å². The van der Waals surface area contributed by atoms with Gasteiger partial charge in [0.2, 0.25) is 11.8 Å². The summed E-state index contributed by atoms with van der Waals surface area (Å²) >= 11 is 1.27. The second-order valence-corrected chi connectivity index (χ2v) is 8.03. The monoisotopic (exact) mass is 431 g/mol. The lowest BCUT2D eigenvalue weighted by Gasteiger charge is -2.28. The zero-order chi connectivity index (χ0) is 22.0. The summed E-state index contributed by atoms with van der Waals surface area (Å²) in [5.41, 5.74) is 2.12. The molecule has 3 rings (SSSR count). The Morgan fingerprint density at radius 1 is 1.30 bits per heavy atom. The van der Waals surface area contributed by atoms with Gasteiger partial charge in [0, 0.05) is 29.1 Å². The Morgan fingerprint density at radius 2 is 2.03 bits per heavy atom. The first-order valence-corrected chi connectivity index (χ1v) is 10.2. The van der Waals surface area contributed by atoms with Crippen molar-refractivity contribution in [1.29, 1.82) is 0 Å². The van der Waals surface area contributed by atoms with Crippen molar-refractivity contribution >= 4 is 45.5 Å². The normalized spacial score (nSPS) is 13.0. The molecule has 0 aliphatic carbocycles. The summed E-state index contributed by atoms with van der Waals surface area (Å²) < 4.78 is 5.09. The van der Waals surface area contributed by atoms with E-state index in [-0.39, 0.29) is 31.2 Å². The molecule has 2 aromatic rings. The van der Waals surface area contributed by atoms with Gasteiger partial charge in [0.15, 0.2) is 0 Å². The molecule has 0 spiro atoms. The molecule has 1 aliphatic heterocycles. The maximum Gasteiger partial charge on any atom is 0.341 e. The topological polar surface area (TPSA) is 119 Å². The average Bonchev–Trinajstić information content (AvgIpc) is 2.97. The third-order valence-corrected chi connectivity index (χ3v) is 6.02. The number of fused-ring (bicyclic) bond motifs is 1. The van der Waals surface area contributed by atoms with E-state index in [0.717, 1.165) is 10.4 Å². The van der Waals surface area contributed by atoms with Crippen LogP contribution in [0.4, 0.5) is 16.4 Å². The van der Waals surface area contributed by atoms with E-state index in [1.54, 1.807) is 13.8 Å². The Bertz CT molecular complexity index is 1050. The second kappa shape index (κ2) is 8.62. The molecule has 10 heteroatoms.